The third kappa shape index (κ3) is 4.90. The van der Waals surface area contributed by atoms with E-state index in [2.05, 4.69) is 20.2 Å². The summed E-state index contributed by atoms with van der Waals surface area (Å²) in [5.74, 6) is 2.03. The minimum absolute atomic E-state index is 0.0134. The predicted octanol–water partition coefficient (Wildman–Crippen LogP) is 3.86. The third-order valence-electron chi connectivity index (χ3n) is 6.86. The number of nitrogens with one attached hydrogen (secondary N) is 1. The van der Waals surface area contributed by atoms with Crippen LogP contribution in [0.3, 0.4) is 0 Å². The molecule has 1 aliphatic carbocycles. The summed E-state index contributed by atoms with van der Waals surface area (Å²) in [5.41, 5.74) is -3.03. The molecule has 2 aromatic heterocycles. The Morgan fingerprint density at radius 1 is 1.24 bits per heavy atom. The monoisotopic (exact) mass is 513 g/mol. The standard InChI is InChI=1S/C22H26F3N5O2S2/c23-22(24,25)33-15-11-26-20(27-12-15)14-2-7-30(8-3-14)18-10-17(29-21(13-31)5-1-6-21)19-16(28-18)4-9-34(19)32/h10-12,14,31H,1-9,13H2,(H,28,29)/t34-/m1/s1. The highest BCUT2D eigenvalue weighted by Crippen LogP contribution is 2.41. The van der Waals surface area contributed by atoms with Crippen LogP contribution in [0.25, 0.3) is 0 Å². The quantitative estimate of drug-likeness (QED) is 0.563. The van der Waals surface area contributed by atoms with Gasteiger partial charge in [0.1, 0.15) is 11.6 Å². The number of piperidine rings is 1. The summed E-state index contributed by atoms with van der Waals surface area (Å²) >= 11 is -0.209. The molecule has 1 saturated heterocycles. The van der Waals surface area contributed by atoms with E-state index in [0.717, 1.165) is 54.2 Å². The highest BCUT2D eigenvalue weighted by molar-refractivity contribution is 8.00. The zero-order valence-corrected chi connectivity index (χ0v) is 20.1. The first-order valence-electron chi connectivity index (χ1n) is 11.4. The maximum absolute atomic E-state index is 12.6. The van der Waals surface area contributed by atoms with Crippen LogP contribution in [0.5, 0.6) is 0 Å². The molecule has 0 amide bonds. The van der Waals surface area contributed by atoms with Crippen LogP contribution in [-0.4, -0.2) is 60.8 Å². The van der Waals surface area contributed by atoms with Crippen molar-refractivity contribution in [2.75, 3.05) is 35.7 Å². The molecule has 5 rings (SSSR count). The average Bonchev–Trinajstić information content (AvgIpc) is 3.17. The number of nitrogens with zero attached hydrogens (tertiary/aromatic N) is 4. The number of thioether (sulfide) groups is 1. The van der Waals surface area contributed by atoms with Crippen LogP contribution in [-0.2, 0) is 17.2 Å². The van der Waals surface area contributed by atoms with Gasteiger partial charge in [-0.3, -0.25) is 4.21 Å². The lowest BCUT2D eigenvalue weighted by Gasteiger charge is -2.42. The number of aliphatic hydroxyl groups excluding tert-OH is 1. The maximum atomic E-state index is 12.6. The Labute approximate surface area is 202 Å². The molecular formula is C22H26F3N5O2S2. The number of hydrogen-bond donors (Lipinski definition) is 2. The molecule has 34 heavy (non-hydrogen) atoms. The fourth-order valence-electron chi connectivity index (χ4n) is 4.84. The average molecular weight is 514 g/mol. The minimum Gasteiger partial charge on any atom is -0.394 e. The Balaban J connectivity index is 1.29. The number of halogens is 3. The second-order valence-corrected chi connectivity index (χ2v) is 11.8. The number of anilines is 2. The number of aliphatic hydroxyl groups is 1. The van der Waals surface area contributed by atoms with Crippen LogP contribution in [0.1, 0.15) is 49.5 Å². The summed E-state index contributed by atoms with van der Waals surface area (Å²) in [4.78, 5) is 16.1. The van der Waals surface area contributed by atoms with Crippen molar-refractivity contribution in [3.05, 3.63) is 30.0 Å². The van der Waals surface area contributed by atoms with Gasteiger partial charge in [-0.1, -0.05) is 0 Å². The number of aryl methyl sites for hydroxylation is 1. The molecule has 2 aliphatic heterocycles. The number of pyridine rings is 1. The molecule has 4 heterocycles. The van der Waals surface area contributed by atoms with E-state index in [-0.39, 0.29) is 34.7 Å². The van der Waals surface area contributed by atoms with Gasteiger partial charge in [0.25, 0.3) is 0 Å². The topological polar surface area (TPSA) is 91.2 Å². The van der Waals surface area contributed by atoms with E-state index < -0.39 is 16.3 Å². The fraction of sp³-hybridized carbons (Fsp3) is 0.591. The predicted molar refractivity (Wildman–Crippen MR) is 125 cm³/mol. The smallest absolute Gasteiger partial charge is 0.394 e. The van der Waals surface area contributed by atoms with Crippen molar-refractivity contribution >= 4 is 34.1 Å². The Hall–Kier alpha value is -1.92. The Morgan fingerprint density at radius 2 is 1.94 bits per heavy atom. The van der Waals surface area contributed by atoms with Crippen LogP contribution in [0, 0.1) is 0 Å². The molecule has 1 atom stereocenters. The summed E-state index contributed by atoms with van der Waals surface area (Å²) in [7, 11) is -1.09. The molecule has 0 radical (unpaired) electrons. The van der Waals surface area contributed by atoms with Crippen molar-refractivity contribution in [3.63, 3.8) is 0 Å². The summed E-state index contributed by atoms with van der Waals surface area (Å²) in [6, 6.07) is 1.96. The molecule has 3 aliphatic rings. The number of aromatic nitrogens is 3. The number of fused-ring (bicyclic) bond motifs is 1. The minimum atomic E-state index is -4.35. The number of rotatable bonds is 6. The van der Waals surface area contributed by atoms with Crippen molar-refractivity contribution in [1.29, 1.82) is 0 Å². The van der Waals surface area contributed by atoms with E-state index in [4.69, 9.17) is 4.98 Å². The molecule has 0 unspecified atom stereocenters. The summed E-state index contributed by atoms with van der Waals surface area (Å²) in [6.45, 7) is 1.47. The van der Waals surface area contributed by atoms with Gasteiger partial charge in [-0.15, -0.1) is 0 Å². The first kappa shape index (κ1) is 23.8. The molecule has 2 aromatic rings. The number of hydrogen-bond acceptors (Lipinski definition) is 8. The molecule has 2 N–H and O–H groups in total. The van der Waals surface area contributed by atoms with Crippen molar-refractivity contribution < 1.29 is 22.5 Å². The van der Waals surface area contributed by atoms with Gasteiger partial charge in [0, 0.05) is 49.6 Å². The lowest BCUT2D eigenvalue weighted by atomic mass is 9.77. The van der Waals surface area contributed by atoms with Crippen molar-refractivity contribution in [2.45, 2.75) is 65.3 Å². The first-order chi connectivity index (χ1) is 16.3. The van der Waals surface area contributed by atoms with Gasteiger partial charge in [0.15, 0.2) is 0 Å². The lowest BCUT2D eigenvalue weighted by Crippen LogP contribution is -2.48. The van der Waals surface area contributed by atoms with Gasteiger partial charge < -0.3 is 15.3 Å². The van der Waals surface area contributed by atoms with Gasteiger partial charge in [-0.25, -0.2) is 15.0 Å². The van der Waals surface area contributed by atoms with Gasteiger partial charge in [-0.05, 0) is 43.9 Å². The van der Waals surface area contributed by atoms with E-state index in [1.807, 2.05) is 6.07 Å². The van der Waals surface area contributed by atoms with Crippen LogP contribution in [0.15, 0.2) is 28.3 Å². The maximum Gasteiger partial charge on any atom is 0.446 e. The second-order valence-electron chi connectivity index (χ2n) is 9.11. The van der Waals surface area contributed by atoms with Gasteiger partial charge in [0.2, 0.25) is 0 Å². The van der Waals surface area contributed by atoms with Gasteiger partial charge in [0.05, 0.1) is 44.1 Å². The van der Waals surface area contributed by atoms with Crippen LogP contribution in [0.2, 0.25) is 0 Å². The molecule has 7 nitrogen and oxygen atoms in total. The number of alkyl halides is 3. The van der Waals surface area contributed by atoms with Crippen LogP contribution < -0.4 is 10.2 Å². The summed E-state index contributed by atoms with van der Waals surface area (Å²) in [6.07, 6.45) is 7.50. The fourth-order valence-corrected chi connectivity index (χ4v) is 6.67. The van der Waals surface area contributed by atoms with Crippen molar-refractivity contribution in [3.8, 4) is 0 Å². The molecule has 1 saturated carbocycles. The van der Waals surface area contributed by atoms with Crippen molar-refractivity contribution in [2.24, 2.45) is 0 Å². The molecule has 0 aromatic carbocycles. The molecule has 12 heteroatoms. The van der Waals surface area contributed by atoms with E-state index in [1.165, 1.54) is 12.4 Å². The van der Waals surface area contributed by atoms with Gasteiger partial charge >= 0.3 is 5.51 Å². The molecular weight excluding hydrogens is 487 g/mol. The summed E-state index contributed by atoms with van der Waals surface area (Å²) < 4.78 is 50.2. The van der Waals surface area contributed by atoms with Crippen LogP contribution in [0.4, 0.5) is 24.7 Å². The molecule has 0 spiro atoms. The highest BCUT2D eigenvalue weighted by Gasteiger charge is 2.38. The van der Waals surface area contributed by atoms with E-state index in [9.17, 15) is 22.5 Å². The van der Waals surface area contributed by atoms with E-state index in [1.54, 1.807) is 0 Å². The Morgan fingerprint density at radius 3 is 2.53 bits per heavy atom. The largest absolute Gasteiger partial charge is 0.446 e. The van der Waals surface area contributed by atoms with Crippen LogP contribution >= 0.6 is 11.8 Å². The zero-order valence-electron chi connectivity index (χ0n) is 18.5. The highest BCUT2D eigenvalue weighted by atomic mass is 32.2. The summed E-state index contributed by atoms with van der Waals surface area (Å²) in [5, 5.41) is 13.4. The molecule has 0 bridgehead atoms. The SMILES string of the molecule is O=[S@@]1CCc2nc(N3CCC(c4ncc(SC(F)(F)F)cn4)CC3)cc(NC3(CO)CCC3)c21. The normalized spacial score (nSPS) is 22.4. The second kappa shape index (κ2) is 9.27. The van der Waals surface area contributed by atoms with E-state index >= 15 is 0 Å². The zero-order chi connectivity index (χ0) is 23.9. The first-order valence-corrected chi connectivity index (χ1v) is 13.5. The third-order valence-corrected chi connectivity index (χ3v) is 9.02. The Kier molecular flexibility index (Phi) is 6.49. The Bertz CT molecular complexity index is 1070. The van der Waals surface area contributed by atoms with E-state index in [0.29, 0.717) is 31.1 Å². The lowest BCUT2D eigenvalue weighted by molar-refractivity contribution is -0.0328. The van der Waals surface area contributed by atoms with Crippen molar-refractivity contribution in [1.82, 2.24) is 15.0 Å². The molecule has 184 valence electrons. The van der Waals surface area contributed by atoms with Gasteiger partial charge in [-0.2, -0.15) is 13.2 Å². The molecule has 2 fully saturated rings.